The number of sulfonamides is 1. The minimum atomic E-state index is -3.91. The van der Waals surface area contributed by atoms with E-state index in [0.29, 0.717) is 13.0 Å². The summed E-state index contributed by atoms with van der Waals surface area (Å²) in [6.07, 6.45) is 1.43. The zero-order valence-electron chi connectivity index (χ0n) is 18.0. The second kappa shape index (κ2) is 9.44. The molecule has 0 radical (unpaired) electrons. The molecule has 0 spiro atoms. The van der Waals surface area contributed by atoms with Gasteiger partial charge in [-0.05, 0) is 39.7 Å². The first-order valence-electron chi connectivity index (χ1n) is 9.99. The normalized spacial score (nSPS) is 12.6. The van der Waals surface area contributed by atoms with E-state index >= 15 is 0 Å². The van der Waals surface area contributed by atoms with Crippen LogP contribution >= 0.6 is 0 Å². The average Bonchev–Trinajstić information content (AvgIpc) is 3.34. The summed E-state index contributed by atoms with van der Waals surface area (Å²) in [6, 6.07) is 11.0. The monoisotopic (exact) mass is 445 g/mol. The number of nitrogens with zero attached hydrogens (tertiary/aromatic N) is 3. The van der Waals surface area contributed by atoms with Crippen LogP contribution < -0.4 is 4.72 Å². The molecule has 3 rings (SSSR count). The van der Waals surface area contributed by atoms with Crippen molar-refractivity contribution in [2.45, 2.75) is 44.6 Å². The van der Waals surface area contributed by atoms with Crippen LogP contribution in [0.25, 0.3) is 11.3 Å². The maximum Gasteiger partial charge on any atom is 0.246 e. The average molecular weight is 446 g/mol. The third kappa shape index (κ3) is 5.39. The van der Waals surface area contributed by atoms with Gasteiger partial charge in [0, 0.05) is 24.8 Å². The molecular weight excluding hydrogens is 418 g/mol. The third-order valence-corrected chi connectivity index (χ3v) is 6.74. The molecule has 0 unspecified atom stereocenters. The van der Waals surface area contributed by atoms with E-state index < -0.39 is 16.1 Å². The lowest BCUT2D eigenvalue weighted by Crippen LogP contribution is -2.45. The van der Waals surface area contributed by atoms with E-state index in [-0.39, 0.29) is 22.3 Å². The summed E-state index contributed by atoms with van der Waals surface area (Å²) in [5, 5.41) is 11.0. The minimum Gasteiger partial charge on any atom is -0.360 e. The Hall–Kier alpha value is -2.98. The predicted molar refractivity (Wildman–Crippen MR) is 116 cm³/mol. The molecule has 0 saturated carbocycles. The van der Waals surface area contributed by atoms with Crippen LogP contribution in [0.15, 0.2) is 45.8 Å². The first kappa shape index (κ1) is 22.7. The van der Waals surface area contributed by atoms with Crippen molar-refractivity contribution in [2.75, 3.05) is 13.6 Å². The summed E-state index contributed by atoms with van der Waals surface area (Å²) < 4.78 is 32.5. The number of carbonyl (C=O) groups excluding carboxylic acids is 1. The molecular formula is C21H27N5O4S. The third-order valence-electron chi connectivity index (χ3n) is 4.96. The molecule has 0 aliphatic heterocycles. The molecule has 1 atom stereocenters. The van der Waals surface area contributed by atoms with Crippen LogP contribution in [0.1, 0.15) is 30.5 Å². The Kier molecular flexibility index (Phi) is 6.91. The van der Waals surface area contributed by atoms with Gasteiger partial charge in [-0.2, -0.15) is 9.82 Å². The molecule has 1 aromatic carbocycles. The molecule has 0 fully saturated rings. The molecule has 166 valence electrons. The molecule has 2 N–H and O–H groups in total. The quantitative estimate of drug-likeness (QED) is 0.522. The van der Waals surface area contributed by atoms with Crippen molar-refractivity contribution >= 4 is 15.9 Å². The number of aromatic amines is 1. The van der Waals surface area contributed by atoms with Crippen molar-refractivity contribution in [2.24, 2.45) is 0 Å². The van der Waals surface area contributed by atoms with Crippen LogP contribution in [-0.4, -0.2) is 54.2 Å². The summed E-state index contributed by atoms with van der Waals surface area (Å²) in [7, 11) is -2.25. The molecule has 2 aromatic heterocycles. The van der Waals surface area contributed by atoms with Crippen molar-refractivity contribution in [1.82, 2.24) is 25.0 Å². The van der Waals surface area contributed by atoms with Crippen LogP contribution in [-0.2, 0) is 21.2 Å². The molecule has 0 aliphatic carbocycles. The highest BCUT2D eigenvalue weighted by Crippen LogP contribution is 2.19. The number of rotatable bonds is 9. The fraction of sp³-hybridized carbons (Fsp3) is 0.381. The summed E-state index contributed by atoms with van der Waals surface area (Å²) in [4.78, 5) is 14.1. The number of likely N-dealkylation sites (N-methyl/N-ethyl adjacent to an activating group) is 1. The van der Waals surface area contributed by atoms with E-state index in [0.717, 1.165) is 23.4 Å². The van der Waals surface area contributed by atoms with E-state index in [1.54, 1.807) is 14.0 Å². The van der Waals surface area contributed by atoms with Gasteiger partial charge in [0.25, 0.3) is 0 Å². The van der Waals surface area contributed by atoms with E-state index in [1.807, 2.05) is 36.4 Å². The van der Waals surface area contributed by atoms with Crippen molar-refractivity contribution in [3.63, 3.8) is 0 Å². The summed E-state index contributed by atoms with van der Waals surface area (Å²) in [5.74, 6) is -0.127. The Morgan fingerprint density at radius 3 is 2.61 bits per heavy atom. The number of hydrogen-bond acceptors (Lipinski definition) is 6. The molecule has 0 bridgehead atoms. The van der Waals surface area contributed by atoms with Gasteiger partial charge in [0.15, 0.2) is 5.76 Å². The number of nitrogens with one attached hydrogen (secondary N) is 2. The summed E-state index contributed by atoms with van der Waals surface area (Å²) in [5.41, 5.74) is 3.15. The number of aryl methyl sites for hydroxylation is 3. The largest absolute Gasteiger partial charge is 0.360 e. The molecule has 2 heterocycles. The maximum atomic E-state index is 12.6. The zero-order chi connectivity index (χ0) is 22.6. The fourth-order valence-corrected chi connectivity index (χ4v) is 4.92. The van der Waals surface area contributed by atoms with Crippen LogP contribution in [0, 0.1) is 13.8 Å². The van der Waals surface area contributed by atoms with Crippen LogP contribution in [0.3, 0.4) is 0 Å². The second-order valence-electron chi connectivity index (χ2n) is 7.50. The van der Waals surface area contributed by atoms with Gasteiger partial charge in [-0.1, -0.05) is 35.5 Å². The van der Waals surface area contributed by atoms with E-state index in [9.17, 15) is 13.2 Å². The molecule has 10 heteroatoms. The smallest absolute Gasteiger partial charge is 0.246 e. The molecule has 9 nitrogen and oxygen atoms in total. The SMILES string of the molecule is Cc1noc(C)c1S(=O)(=O)N[C@@H](C)C(=O)N(C)CCCc1cc(-c2ccccc2)n[nH]1. The molecule has 1 amide bonds. The highest BCUT2D eigenvalue weighted by Gasteiger charge is 2.29. The lowest BCUT2D eigenvalue weighted by Gasteiger charge is -2.22. The van der Waals surface area contributed by atoms with E-state index in [1.165, 1.54) is 18.7 Å². The van der Waals surface area contributed by atoms with Gasteiger partial charge in [0.2, 0.25) is 15.9 Å². The highest BCUT2D eigenvalue weighted by atomic mass is 32.2. The van der Waals surface area contributed by atoms with Crippen molar-refractivity contribution in [3.05, 3.63) is 53.5 Å². The molecule has 31 heavy (non-hydrogen) atoms. The van der Waals surface area contributed by atoms with E-state index in [4.69, 9.17) is 4.52 Å². The number of benzene rings is 1. The zero-order valence-corrected chi connectivity index (χ0v) is 18.9. The van der Waals surface area contributed by atoms with Crippen molar-refractivity contribution in [3.8, 4) is 11.3 Å². The number of H-pyrrole nitrogens is 1. The number of aromatic nitrogens is 3. The van der Waals surface area contributed by atoms with Crippen molar-refractivity contribution in [1.29, 1.82) is 0 Å². The van der Waals surface area contributed by atoms with Gasteiger partial charge in [-0.15, -0.1) is 0 Å². The van der Waals surface area contributed by atoms with Gasteiger partial charge >= 0.3 is 0 Å². The van der Waals surface area contributed by atoms with Gasteiger partial charge in [0.05, 0.1) is 11.7 Å². The van der Waals surface area contributed by atoms with Gasteiger partial charge in [-0.3, -0.25) is 9.89 Å². The second-order valence-corrected chi connectivity index (χ2v) is 9.15. The topological polar surface area (TPSA) is 121 Å². The van der Waals surface area contributed by atoms with Crippen LogP contribution in [0.4, 0.5) is 0 Å². The number of hydrogen-bond donors (Lipinski definition) is 2. The standard InChI is InChI=1S/C21H27N5O4S/c1-14-20(16(3)30-24-14)31(28,29)25-15(2)21(27)26(4)12-8-11-18-13-19(23-22-18)17-9-6-5-7-10-17/h5-7,9-10,13,15,25H,8,11-12H2,1-4H3,(H,22,23)/t15-/m0/s1. The minimum absolute atomic E-state index is 0.0248. The van der Waals surface area contributed by atoms with Crippen LogP contribution in [0.5, 0.6) is 0 Å². The molecule has 0 aliphatic rings. The van der Waals surface area contributed by atoms with E-state index in [2.05, 4.69) is 20.1 Å². The number of carbonyl (C=O) groups is 1. The lowest BCUT2D eigenvalue weighted by molar-refractivity contribution is -0.131. The predicted octanol–water partition coefficient (Wildman–Crippen LogP) is 2.44. The Labute approximate surface area is 181 Å². The summed E-state index contributed by atoms with van der Waals surface area (Å²) >= 11 is 0. The lowest BCUT2D eigenvalue weighted by atomic mass is 10.1. The molecule has 3 aromatic rings. The van der Waals surface area contributed by atoms with Crippen molar-refractivity contribution < 1.29 is 17.7 Å². The Morgan fingerprint density at radius 1 is 1.26 bits per heavy atom. The molecule has 0 saturated heterocycles. The Morgan fingerprint density at radius 2 is 1.97 bits per heavy atom. The first-order chi connectivity index (χ1) is 14.7. The Balaban J connectivity index is 1.52. The fourth-order valence-electron chi connectivity index (χ4n) is 3.39. The highest BCUT2D eigenvalue weighted by molar-refractivity contribution is 7.89. The number of amides is 1. The van der Waals surface area contributed by atoms with Crippen LogP contribution in [0.2, 0.25) is 0 Å². The van der Waals surface area contributed by atoms with Gasteiger partial charge in [0.1, 0.15) is 10.6 Å². The summed E-state index contributed by atoms with van der Waals surface area (Å²) in [6.45, 7) is 5.07. The maximum absolute atomic E-state index is 12.6. The Bertz CT molecular complexity index is 1120. The van der Waals surface area contributed by atoms with Gasteiger partial charge < -0.3 is 9.42 Å². The first-order valence-corrected chi connectivity index (χ1v) is 11.5. The van der Waals surface area contributed by atoms with Gasteiger partial charge in [-0.25, -0.2) is 8.42 Å².